The number of primary amides is 1. The van der Waals surface area contributed by atoms with E-state index in [2.05, 4.69) is 18.3 Å². The molecule has 0 aliphatic heterocycles. The lowest BCUT2D eigenvalue weighted by Gasteiger charge is -2.23. The molecule has 1 amide bonds. The Morgan fingerprint density at radius 2 is 2.00 bits per heavy atom. The first-order valence-electron chi connectivity index (χ1n) is 7.16. The zero-order chi connectivity index (χ0) is 14.0. The molecule has 0 bridgehead atoms. The van der Waals surface area contributed by atoms with Gasteiger partial charge in [0.05, 0.1) is 6.04 Å². The molecule has 2 unspecified atom stereocenters. The fourth-order valence-electron chi connectivity index (χ4n) is 2.68. The van der Waals surface area contributed by atoms with Gasteiger partial charge in [0.1, 0.15) is 0 Å². The SMILES string of the molecule is CC(NC(C(N)=O)C(C)C)c1cc2c(s1)CCCC2. The lowest BCUT2D eigenvalue weighted by atomic mass is 9.98. The van der Waals surface area contributed by atoms with Crippen LogP contribution < -0.4 is 11.1 Å². The highest BCUT2D eigenvalue weighted by atomic mass is 32.1. The minimum absolute atomic E-state index is 0.190. The summed E-state index contributed by atoms with van der Waals surface area (Å²) in [6.07, 6.45) is 5.05. The molecule has 3 nitrogen and oxygen atoms in total. The zero-order valence-electron chi connectivity index (χ0n) is 12.0. The van der Waals surface area contributed by atoms with Crippen molar-refractivity contribution in [3.8, 4) is 0 Å². The standard InChI is InChI=1S/C15H24N2OS/c1-9(2)14(15(16)18)17-10(3)13-8-11-6-4-5-7-12(11)19-13/h8-10,14,17H,4-7H2,1-3H3,(H2,16,18). The normalized spacial score (nSPS) is 18.1. The number of hydrogen-bond acceptors (Lipinski definition) is 3. The number of nitrogens with two attached hydrogens (primary N) is 1. The Balaban J connectivity index is 2.08. The number of thiophene rings is 1. The molecular weight excluding hydrogens is 256 g/mol. The van der Waals surface area contributed by atoms with Crippen molar-refractivity contribution in [3.05, 3.63) is 21.4 Å². The van der Waals surface area contributed by atoms with E-state index in [4.69, 9.17) is 5.73 Å². The Labute approximate surface area is 119 Å². The molecule has 0 spiro atoms. The van der Waals surface area contributed by atoms with E-state index in [1.165, 1.54) is 41.0 Å². The Kier molecular flexibility index (Phi) is 4.63. The summed E-state index contributed by atoms with van der Waals surface area (Å²) in [6, 6.07) is 2.25. The van der Waals surface area contributed by atoms with Gasteiger partial charge in [-0.15, -0.1) is 11.3 Å². The molecule has 1 aromatic heterocycles. The molecule has 0 aromatic carbocycles. The Bertz CT molecular complexity index is 429. The largest absolute Gasteiger partial charge is 0.368 e. The van der Waals surface area contributed by atoms with Crippen LogP contribution in [0.1, 0.15) is 55.0 Å². The van der Waals surface area contributed by atoms with Crippen LogP contribution in [-0.4, -0.2) is 11.9 Å². The van der Waals surface area contributed by atoms with Gasteiger partial charge in [-0.3, -0.25) is 10.1 Å². The van der Waals surface area contributed by atoms with Crippen LogP contribution in [0, 0.1) is 5.92 Å². The molecule has 1 heterocycles. The monoisotopic (exact) mass is 280 g/mol. The van der Waals surface area contributed by atoms with Crippen LogP contribution in [0.3, 0.4) is 0 Å². The Morgan fingerprint density at radius 1 is 1.32 bits per heavy atom. The predicted octanol–water partition coefficient (Wildman–Crippen LogP) is 2.79. The van der Waals surface area contributed by atoms with Gasteiger partial charge in [-0.05, 0) is 50.2 Å². The van der Waals surface area contributed by atoms with E-state index >= 15 is 0 Å². The second-order valence-electron chi connectivity index (χ2n) is 5.82. The van der Waals surface area contributed by atoms with Gasteiger partial charge in [-0.25, -0.2) is 0 Å². The van der Waals surface area contributed by atoms with Gasteiger partial charge >= 0.3 is 0 Å². The number of fused-ring (bicyclic) bond motifs is 1. The maximum Gasteiger partial charge on any atom is 0.234 e. The fourth-order valence-corrected chi connectivity index (χ4v) is 3.95. The van der Waals surface area contributed by atoms with Crippen molar-refractivity contribution in [2.75, 3.05) is 0 Å². The molecule has 4 heteroatoms. The second kappa shape index (κ2) is 6.06. The van der Waals surface area contributed by atoms with Crippen LogP contribution in [0.2, 0.25) is 0 Å². The van der Waals surface area contributed by atoms with Crippen LogP contribution in [0.4, 0.5) is 0 Å². The molecule has 0 saturated carbocycles. The first kappa shape index (κ1) is 14.5. The number of aryl methyl sites for hydroxylation is 2. The fraction of sp³-hybridized carbons (Fsp3) is 0.667. The van der Waals surface area contributed by atoms with Gasteiger partial charge in [-0.1, -0.05) is 13.8 Å². The average Bonchev–Trinajstić information content (AvgIpc) is 2.78. The van der Waals surface area contributed by atoms with E-state index in [-0.39, 0.29) is 23.9 Å². The molecule has 2 rings (SSSR count). The van der Waals surface area contributed by atoms with Crippen molar-refractivity contribution in [1.82, 2.24) is 5.32 Å². The lowest BCUT2D eigenvalue weighted by molar-refractivity contribution is -0.121. The van der Waals surface area contributed by atoms with Gasteiger partial charge in [-0.2, -0.15) is 0 Å². The van der Waals surface area contributed by atoms with E-state index in [0.717, 1.165) is 0 Å². The van der Waals surface area contributed by atoms with E-state index < -0.39 is 0 Å². The molecule has 1 aliphatic rings. The van der Waals surface area contributed by atoms with Crippen LogP contribution in [-0.2, 0) is 17.6 Å². The summed E-state index contributed by atoms with van der Waals surface area (Å²) < 4.78 is 0. The minimum Gasteiger partial charge on any atom is -0.368 e. The molecule has 0 fully saturated rings. The van der Waals surface area contributed by atoms with Crippen LogP contribution in [0.25, 0.3) is 0 Å². The molecule has 106 valence electrons. The smallest absolute Gasteiger partial charge is 0.234 e. The number of carbonyl (C=O) groups is 1. The van der Waals surface area contributed by atoms with Crippen molar-refractivity contribution in [1.29, 1.82) is 0 Å². The molecule has 1 aromatic rings. The van der Waals surface area contributed by atoms with E-state index in [0.29, 0.717) is 0 Å². The number of nitrogens with one attached hydrogen (secondary N) is 1. The molecule has 19 heavy (non-hydrogen) atoms. The van der Waals surface area contributed by atoms with Gasteiger partial charge in [0.15, 0.2) is 0 Å². The molecule has 2 atom stereocenters. The summed E-state index contributed by atoms with van der Waals surface area (Å²) in [4.78, 5) is 14.3. The first-order valence-corrected chi connectivity index (χ1v) is 7.97. The third-order valence-electron chi connectivity index (χ3n) is 3.85. The first-order chi connectivity index (χ1) is 8.99. The molecule has 1 aliphatic carbocycles. The predicted molar refractivity (Wildman–Crippen MR) is 80.3 cm³/mol. The summed E-state index contributed by atoms with van der Waals surface area (Å²) in [5.41, 5.74) is 6.98. The molecule has 0 radical (unpaired) electrons. The third kappa shape index (κ3) is 3.37. The van der Waals surface area contributed by atoms with Gasteiger partial charge < -0.3 is 5.73 Å². The number of rotatable bonds is 5. The highest BCUT2D eigenvalue weighted by Crippen LogP contribution is 2.33. The Morgan fingerprint density at radius 3 is 2.58 bits per heavy atom. The molecular formula is C15H24N2OS. The van der Waals surface area contributed by atoms with Crippen molar-refractivity contribution in [2.45, 2.75) is 58.5 Å². The molecule has 3 N–H and O–H groups in total. The highest BCUT2D eigenvalue weighted by molar-refractivity contribution is 7.12. The maximum atomic E-state index is 11.5. The van der Waals surface area contributed by atoms with Crippen molar-refractivity contribution in [3.63, 3.8) is 0 Å². The zero-order valence-corrected chi connectivity index (χ0v) is 12.8. The quantitative estimate of drug-likeness (QED) is 0.871. The summed E-state index contributed by atoms with van der Waals surface area (Å²) in [5.74, 6) is -0.0438. The van der Waals surface area contributed by atoms with Gasteiger partial charge in [0.2, 0.25) is 5.91 Å². The van der Waals surface area contributed by atoms with E-state index in [1.54, 1.807) is 0 Å². The van der Waals surface area contributed by atoms with Crippen molar-refractivity contribution in [2.24, 2.45) is 11.7 Å². The minimum atomic E-state index is -0.261. The van der Waals surface area contributed by atoms with Crippen molar-refractivity contribution < 1.29 is 4.79 Å². The average molecular weight is 280 g/mol. The topological polar surface area (TPSA) is 55.1 Å². The summed E-state index contributed by atoms with van der Waals surface area (Å²) in [7, 11) is 0. The summed E-state index contributed by atoms with van der Waals surface area (Å²) >= 11 is 1.89. The number of carbonyl (C=O) groups excluding carboxylic acids is 1. The molecule has 0 saturated heterocycles. The second-order valence-corrected chi connectivity index (χ2v) is 6.99. The third-order valence-corrected chi connectivity index (χ3v) is 5.26. The number of amides is 1. The summed E-state index contributed by atoms with van der Waals surface area (Å²) in [5, 5.41) is 3.38. The van der Waals surface area contributed by atoms with Crippen LogP contribution in [0.5, 0.6) is 0 Å². The Hall–Kier alpha value is -0.870. The van der Waals surface area contributed by atoms with E-state index in [9.17, 15) is 4.79 Å². The lowest BCUT2D eigenvalue weighted by Crippen LogP contribution is -2.45. The maximum absolute atomic E-state index is 11.5. The van der Waals surface area contributed by atoms with Crippen LogP contribution in [0.15, 0.2) is 6.07 Å². The van der Waals surface area contributed by atoms with Crippen molar-refractivity contribution >= 4 is 17.2 Å². The number of hydrogen-bond donors (Lipinski definition) is 2. The van der Waals surface area contributed by atoms with E-state index in [1.807, 2.05) is 25.2 Å². The highest BCUT2D eigenvalue weighted by Gasteiger charge is 2.23. The van der Waals surface area contributed by atoms with Crippen LogP contribution >= 0.6 is 11.3 Å². The van der Waals surface area contributed by atoms with Gasteiger partial charge in [0, 0.05) is 15.8 Å². The van der Waals surface area contributed by atoms with Gasteiger partial charge in [0.25, 0.3) is 0 Å². The summed E-state index contributed by atoms with van der Waals surface area (Å²) in [6.45, 7) is 6.17.